The summed E-state index contributed by atoms with van der Waals surface area (Å²) in [6.07, 6.45) is 10.6. The number of likely N-dealkylation sites (tertiary alicyclic amines) is 1. The van der Waals surface area contributed by atoms with Gasteiger partial charge in [-0.05, 0) is 172 Å². The van der Waals surface area contributed by atoms with E-state index in [9.17, 15) is 24.3 Å². The van der Waals surface area contributed by atoms with Crippen molar-refractivity contribution in [3.05, 3.63) is 179 Å². The van der Waals surface area contributed by atoms with Crippen molar-refractivity contribution in [3.8, 4) is 0 Å². The molecule has 4 aromatic carbocycles. The van der Waals surface area contributed by atoms with Gasteiger partial charge in [-0.3, -0.25) is 53.1 Å². The molecule has 6 aromatic rings. The number of aromatic nitrogens is 2. The highest BCUT2D eigenvalue weighted by Gasteiger charge is 2.42. The second-order valence-corrected chi connectivity index (χ2v) is 30.5. The number of aliphatic hydroxyl groups excluding tert-OH is 1. The summed E-state index contributed by atoms with van der Waals surface area (Å²) in [7, 11) is 2.20. The number of guanidine groups is 1. The number of Topliss-reactive ketones (excluding diaryl/α,β-unsaturated/α-hetero) is 5. The molecule has 0 unspecified atom stereocenters. The number of unbranched alkanes of at least 4 members (excludes halogenated alkanes) is 1. The van der Waals surface area contributed by atoms with Gasteiger partial charge in [0.05, 0.1) is 30.0 Å². The van der Waals surface area contributed by atoms with Crippen molar-refractivity contribution in [2.24, 2.45) is 51.8 Å². The lowest BCUT2D eigenvalue weighted by Gasteiger charge is -2.46. The number of ketones is 5. The molecule has 558 valence electrons. The molecule has 0 saturated carbocycles. The normalized spacial score (nSPS) is 24.8. The number of amides is 4. The van der Waals surface area contributed by atoms with Crippen molar-refractivity contribution < 1.29 is 48.3 Å². The number of nitrogens with two attached hydrogens (primary N) is 3. The van der Waals surface area contributed by atoms with Crippen LogP contribution in [0.15, 0.2) is 145 Å². The van der Waals surface area contributed by atoms with Crippen LogP contribution in [0.1, 0.15) is 155 Å². The lowest BCUT2D eigenvalue weighted by molar-refractivity contribution is -0.136. The molecule has 2 aliphatic carbocycles. The fourth-order valence-corrected chi connectivity index (χ4v) is 17.0. The minimum absolute atomic E-state index is 0.0111. The van der Waals surface area contributed by atoms with Gasteiger partial charge in [0.1, 0.15) is 11.8 Å². The molecule has 0 spiro atoms. The number of nitrogens with one attached hydrogen (secondary N) is 5. The molecule has 0 bridgehead atoms. The van der Waals surface area contributed by atoms with E-state index in [-0.39, 0.29) is 101 Å². The third-order valence-electron chi connectivity index (χ3n) is 21.6. The zero-order chi connectivity index (χ0) is 74.4. The van der Waals surface area contributed by atoms with Gasteiger partial charge in [0, 0.05) is 117 Å². The first-order valence-corrected chi connectivity index (χ1v) is 38.8. The minimum Gasteiger partial charge on any atom is -0.391 e. The van der Waals surface area contributed by atoms with E-state index in [4.69, 9.17) is 17.2 Å². The zero-order valence-electron chi connectivity index (χ0n) is 60.7. The third-order valence-corrected chi connectivity index (χ3v) is 22.8. The SMILES string of the molecule is C[C@@H](O)[C@@H]1NC(=O)[C@H](CCCCN)CC(=O)[C@@H](Cc2c[nH]c3ccccc23)NC(=O)[C@H](Cc2ccncc2)CC(=O)[C@H](Cc2ccccc2)NC(=O)[C@H](CCCN=C(N)N)CC(=O)[C@H](NC(=O)CSC[C@@H]2C[C@@H]3c4cccc5c4C(=CC5)C[C@H]3N(C)C2)CCCCCC(=O)[C@H](Cc2ccccc2)CC1=O. The Morgan fingerprint density at radius 3 is 2.01 bits per heavy atom. The van der Waals surface area contributed by atoms with Gasteiger partial charge in [-0.15, -0.1) is 0 Å². The minimum atomic E-state index is -1.46. The lowest BCUT2D eigenvalue weighted by Crippen LogP contribution is -2.51. The highest BCUT2D eigenvalue weighted by atomic mass is 32.2. The van der Waals surface area contributed by atoms with Crippen molar-refractivity contribution in [1.29, 1.82) is 0 Å². The molecule has 4 heterocycles. The number of pyridine rings is 1. The first-order valence-electron chi connectivity index (χ1n) is 37.7. The molecule has 105 heavy (non-hydrogen) atoms. The third kappa shape index (κ3) is 22.3. The monoisotopic (exact) mass is 1450 g/mol. The molecule has 21 nitrogen and oxygen atoms in total. The molecule has 10 rings (SSSR count). The number of aromatic amines is 1. The largest absolute Gasteiger partial charge is 0.391 e. The number of nitrogens with zero attached hydrogens (tertiary/aromatic N) is 3. The van der Waals surface area contributed by atoms with Crippen molar-refractivity contribution in [1.82, 2.24) is 36.1 Å². The number of benzene rings is 4. The number of aliphatic imine (C=N–C) groups is 1. The fraction of sp³-hybridized carbons (Fsp3) is 0.482. The Hall–Kier alpha value is -8.96. The Kier molecular flexibility index (Phi) is 29.1. The maximum atomic E-state index is 15.5. The number of thioether (sulfide) groups is 1. The number of likely N-dealkylation sites (N-methyl/N-ethyl adjacent to an activating group) is 1. The van der Waals surface area contributed by atoms with Crippen LogP contribution >= 0.6 is 11.8 Å². The maximum Gasteiger partial charge on any atom is 0.230 e. The second-order valence-electron chi connectivity index (χ2n) is 29.5. The number of carbonyl (C=O) groups is 9. The van der Waals surface area contributed by atoms with E-state index in [0.717, 1.165) is 48.0 Å². The van der Waals surface area contributed by atoms with Gasteiger partial charge < -0.3 is 53.5 Å². The Morgan fingerprint density at radius 1 is 0.667 bits per heavy atom. The highest BCUT2D eigenvalue weighted by Crippen LogP contribution is 2.49. The molecule has 4 amide bonds. The standard InChI is InChI=1S/C83H105N11O10S/c1-52(95)79-76(100)46-61(38-53-18-6-3-7-19-53)72(96)29-11-5-10-28-68(90-77(101)51-105-50-56-40-66-65-26-16-23-57-30-31-58(78(57)65)43-71(66)94(2)49-56)73(97)44-60(24-17-35-88-83(85)86)80(102)91-69(41-54-20-8-4-9-21-54)75(99)47-62(39-55-32-36-87-37-33-55)82(104)92-70(42-63-48-89-67-27-13-12-25-64(63)67)74(98)45-59(81(103)93-79)22-14-15-34-84/h3-4,6-9,12-13,16,18-21,23,25-27,31-33,36-37,48,52,56,59-62,66,68-71,79,89,95H,5,10-11,14-15,17,22,24,28-30,34-35,38-47,49-51,84H2,1-2H3,(H,90,101)(H,91,102)(H,92,104)(H,93,103)(H4,85,86,88)/t52-,56-,59-,60-,61-,62-,66-,68-,69+,70-,71-,79+/m1/s1. The van der Waals surface area contributed by atoms with E-state index < -0.39 is 108 Å². The van der Waals surface area contributed by atoms with E-state index in [1.807, 2.05) is 84.9 Å². The summed E-state index contributed by atoms with van der Waals surface area (Å²) in [6.45, 7) is 2.72. The molecule has 2 fully saturated rings. The van der Waals surface area contributed by atoms with Crippen LogP contribution in [0.2, 0.25) is 0 Å². The van der Waals surface area contributed by atoms with Gasteiger partial charge in [-0.1, -0.05) is 122 Å². The quantitative estimate of drug-likeness (QED) is 0.0175. The molecule has 0 radical (unpaired) electrons. The topological polar surface area (TPSA) is 344 Å². The number of allylic oxidation sites excluding steroid dienone is 1. The molecule has 2 aliphatic heterocycles. The number of carbonyl (C=O) groups excluding carboxylic acids is 9. The van der Waals surface area contributed by atoms with Gasteiger partial charge in [0.25, 0.3) is 0 Å². The molecule has 4 aliphatic rings. The van der Waals surface area contributed by atoms with E-state index in [1.54, 1.807) is 30.7 Å². The van der Waals surface area contributed by atoms with Crippen LogP contribution in [-0.2, 0) is 75.3 Å². The molecule has 12 atom stereocenters. The predicted octanol–water partition coefficient (Wildman–Crippen LogP) is 8.35. The van der Waals surface area contributed by atoms with Crippen LogP contribution in [0, 0.1) is 29.6 Å². The van der Waals surface area contributed by atoms with Gasteiger partial charge >= 0.3 is 0 Å². The summed E-state index contributed by atoms with van der Waals surface area (Å²) < 4.78 is 0. The van der Waals surface area contributed by atoms with Gasteiger partial charge in [0.2, 0.25) is 23.6 Å². The van der Waals surface area contributed by atoms with Crippen LogP contribution in [0.3, 0.4) is 0 Å². The molecule has 2 saturated heterocycles. The van der Waals surface area contributed by atoms with Crippen LogP contribution in [0.4, 0.5) is 0 Å². The van der Waals surface area contributed by atoms with E-state index >= 15 is 24.0 Å². The van der Waals surface area contributed by atoms with Gasteiger partial charge in [-0.25, -0.2) is 0 Å². The number of hydrogen-bond donors (Lipinski definition) is 9. The summed E-state index contributed by atoms with van der Waals surface area (Å²) >= 11 is 1.54. The average molecular weight is 1450 g/mol. The summed E-state index contributed by atoms with van der Waals surface area (Å²) in [5.74, 6) is -7.20. The number of H-pyrrole nitrogens is 1. The number of aliphatic hydroxyl groups is 1. The molecule has 22 heteroatoms. The number of fused-ring (bicyclic) bond motifs is 3. The van der Waals surface area contributed by atoms with Crippen molar-refractivity contribution in [3.63, 3.8) is 0 Å². The number of hydrogen-bond acceptors (Lipinski definition) is 15. The second kappa shape index (κ2) is 38.9. The van der Waals surface area contributed by atoms with Crippen LogP contribution in [-0.4, -0.2) is 153 Å². The number of piperidine rings is 1. The number of para-hydroxylation sites is 1. The smallest absolute Gasteiger partial charge is 0.230 e. The Morgan fingerprint density at radius 2 is 1.30 bits per heavy atom. The Balaban J connectivity index is 0.964. The summed E-state index contributed by atoms with van der Waals surface area (Å²) in [5, 5.41) is 24.1. The molecular formula is C83H105N11O10S. The number of rotatable bonds is 22. The first-order chi connectivity index (χ1) is 50.8. The van der Waals surface area contributed by atoms with E-state index in [2.05, 4.69) is 72.5 Å². The zero-order valence-corrected chi connectivity index (χ0v) is 61.5. The van der Waals surface area contributed by atoms with Gasteiger partial charge in [0.15, 0.2) is 29.1 Å². The van der Waals surface area contributed by atoms with E-state index in [0.29, 0.717) is 73.2 Å². The predicted molar refractivity (Wildman–Crippen MR) is 410 cm³/mol. The van der Waals surface area contributed by atoms with Crippen molar-refractivity contribution in [2.75, 3.05) is 38.2 Å². The summed E-state index contributed by atoms with van der Waals surface area (Å²) in [6, 6.07) is 31.4. The fourth-order valence-electron chi connectivity index (χ4n) is 16.0. The van der Waals surface area contributed by atoms with Gasteiger partial charge in [-0.2, -0.15) is 11.8 Å². The van der Waals surface area contributed by atoms with Crippen LogP contribution in [0.5, 0.6) is 0 Å². The molecular weight excluding hydrogens is 1340 g/mol. The Bertz CT molecular complexity index is 4030. The Labute approximate surface area is 620 Å². The van der Waals surface area contributed by atoms with Crippen molar-refractivity contribution in [2.45, 2.75) is 184 Å². The summed E-state index contributed by atoms with van der Waals surface area (Å²) in [5.41, 5.74) is 26.8. The van der Waals surface area contributed by atoms with E-state index in [1.165, 1.54) is 40.9 Å². The molecule has 12 N–H and O–H groups in total. The van der Waals surface area contributed by atoms with Crippen LogP contribution in [0.25, 0.3) is 16.5 Å². The molecule has 2 aromatic heterocycles. The van der Waals surface area contributed by atoms with Crippen molar-refractivity contribution >= 4 is 86.7 Å². The maximum absolute atomic E-state index is 15.5. The highest BCUT2D eigenvalue weighted by molar-refractivity contribution is 7.99. The van der Waals surface area contributed by atoms with Crippen LogP contribution < -0.4 is 38.5 Å². The summed E-state index contributed by atoms with van der Waals surface area (Å²) in [4.78, 5) is 149. The lowest BCUT2D eigenvalue weighted by atomic mass is 9.70. The average Bonchev–Trinajstić information content (AvgIpc) is 1.62. The first kappa shape index (κ1) is 78.6.